The molecule has 0 radical (unpaired) electrons. The van der Waals surface area contributed by atoms with Gasteiger partial charge in [-0.05, 0) is 43.9 Å². The number of pyridine rings is 1. The van der Waals surface area contributed by atoms with Crippen LogP contribution >= 0.6 is 11.6 Å². The fourth-order valence-corrected chi connectivity index (χ4v) is 3.11. The topological polar surface area (TPSA) is 16.1 Å². The molecule has 1 aliphatic rings. The minimum Gasteiger partial charge on any atom is -0.296 e. The number of hydrogen-bond donors (Lipinski definition) is 0. The second-order valence-corrected chi connectivity index (χ2v) is 6.10. The molecular weight excluding hydrogens is 244 g/mol. The van der Waals surface area contributed by atoms with Crippen molar-refractivity contribution in [2.75, 3.05) is 13.1 Å². The smallest absolute Gasteiger partial charge is 0.129 e. The van der Waals surface area contributed by atoms with Gasteiger partial charge in [-0.2, -0.15) is 0 Å². The molecule has 18 heavy (non-hydrogen) atoms. The van der Waals surface area contributed by atoms with E-state index in [1.807, 2.05) is 6.07 Å². The zero-order valence-electron chi connectivity index (χ0n) is 11.6. The summed E-state index contributed by atoms with van der Waals surface area (Å²) in [5.41, 5.74) is 2.45. The first-order valence-corrected chi connectivity index (χ1v) is 7.33. The van der Waals surface area contributed by atoms with Gasteiger partial charge in [0.25, 0.3) is 0 Å². The zero-order valence-corrected chi connectivity index (χ0v) is 12.4. The molecule has 1 aromatic heterocycles. The summed E-state index contributed by atoms with van der Waals surface area (Å²) in [6.07, 6.45) is 3.89. The molecule has 0 aliphatic carbocycles. The molecule has 0 saturated carbocycles. The van der Waals surface area contributed by atoms with Gasteiger partial charge in [-0.15, -0.1) is 0 Å². The van der Waals surface area contributed by atoms with E-state index in [0.29, 0.717) is 17.1 Å². The van der Waals surface area contributed by atoms with Crippen molar-refractivity contribution < 1.29 is 0 Å². The maximum absolute atomic E-state index is 5.95. The van der Waals surface area contributed by atoms with Crippen molar-refractivity contribution >= 4 is 11.6 Å². The van der Waals surface area contributed by atoms with Crippen molar-refractivity contribution in [3.05, 3.63) is 28.5 Å². The van der Waals surface area contributed by atoms with Crippen LogP contribution in [0.25, 0.3) is 0 Å². The van der Waals surface area contributed by atoms with Crippen molar-refractivity contribution in [2.45, 2.75) is 46.1 Å². The summed E-state index contributed by atoms with van der Waals surface area (Å²) in [6.45, 7) is 9.04. The fraction of sp³-hybridized carbons (Fsp3) is 0.667. The lowest BCUT2D eigenvalue weighted by Crippen LogP contribution is -2.36. The van der Waals surface area contributed by atoms with E-state index in [4.69, 9.17) is 11.6 Å². The van der Waals surface area contributed by atoms with Gasteiger partial charge in [0.2, 0.25) is 0 Å². The van der Waals surface area contributed by atoms with Crippen LogP contribution in [0.15, 0.2) is 12.1 Å². The van der Waals surface area contributed by atoms with Crippen LogP contribution in [0.1, 0.15) is 50.4 Å². The number of aromatic nitrogens is 1. The Morgan fingerprint density at radius 3 is 2.83 bits per heavy atom. The monoisotopic (exact) mass is 266 g/mol. The predicted molar refractivity (Wildman–Crippen MR) is 77.0 cm³/mol. The van der Waals surface area contributed by atoms with Crippen molar-refractivity contribution in [3.63, 3.8) is 0 Å². The normalized spacial score (nSPS) is 21.5. The number of nitrogens with zero attached hydrogens (tertiary/aromatic N) is 2. The van der Waals surface area contributed by atoms with E-state index in [1.54, 1.807) is 0 Å². The molecule has 2 nitrogen and oxygen atoms in total. The molecule has 0 unspecified atom stereocenters. The van der Waals surface area contributed by atoms with Gasteiger partial charge in [0.15, 0.2) is 0 Å². The van der Waals surface area contributed by atoms with Crippen LogP contribution in [0.5, 0.6) is 0 Å². The maximum Gasteiger partial charge on any atom is 0.129 e. The fourth-order valence-electron chi connectivity index (χ4n) is 2.92. The third kappa shape index (κ3) is 3.24. The summed E-state index contributed by atoms with van der Waals surface area (Å²) < 4.78 is 0. The third-order valence-corrected chi connectivity index (χ3v) is 3.88. The number of aryl methyl sites for hydroxylation is 1. The summed E-state index contributed by atoms with van der Waals surface area (Å²) in [5.74, 6) is 0.714. The highest BCUT2D eigenvalue weighted by Gasteiger charge is 2.25. The predicted octanol–water partition coefficient (Wildman–Crippen LogP) is 4.23. The molecule has 1 saturated heterocycles. The molecule has 0 amide bonds. The molecule has 1 aromatic rings. The van der Waals surface area contributed by atoms with Crippen LogP contribution in [-0.2, 0) is 0 Å². The van der Waals surface area contributed by atoms with E-state index in [-0.39, 0.29) is 0 Å². The Morgan fingerprint density at radius 1 is 1.39 bits per heavy atom. The lowest BCUT2D eigenvalue weighted by molar-refractivity contribution is 0.131. The SMILES string of the molecule is Cc1nc(Cl)ccc1[C@H]1CCCCN1CC(C)C. The zero-order chi connectivity index (χ0) is 13.1. The summed E-state index contributed by atoms with van der Waals surface area (Å²) in [5, 5.41) is 0.600. The van der Waals surface area contributed by atoms with Crippen LogP contribution < -0.4 is 0 Å². The molecule has 2 heterocycles. The first kappa shape index (κ1) is 13.8. The van der Waals surface area contributed by atoms with E-state index in [1.165, 1.54) is 37.9 Å². The van der Waals surface area contributed by atoms with Gasteiger partial charge in [-0.3, -0.25) is 4.90 Å². The first-order valence-electron chi connectivity index (χ1n) is 6.95. The van der Waals surface area contributed by atoms with E-state index >= 15 is 0 Å². The van der Waals surface area contributed by atoms with Crippen LogP contribution in [-0.4, -0.2) is 23.0 Å². The Bertz CT molecular complexity index is 403. The van der Waals surface area contributed by atoms with Gasteiger partial charge in [-0.1, -0.05) is 37.9 Å². The van der Waals surface area contributed by atoms with E-state index in [0.717, 1.165) is 5.69 Å². The van der Waals surface area contributed by atoms with Gasteiger partial charge in [0.1, 0.15) is 5.15 Å². The lowest BCUT2D eigenvalue weighted by Gasteiger charge is -2.37. The van der Waals surface area contributed by atoms with E-state index in [9.17, 15) is 0 Å². The molecule has 1 fully saturated rings. The summed E-state index contributed by atoms with van der Waals surface area (Å²) >= 11 is 5.95. The Hall–Kier alpha value is -0.600. The Morgan fingerprint density at radius 2 is 2.17 bits per heavy atom. The van der Waals surface area contributed by atoms with Gasteiger partial charge in [-0.25, -0.2) is 4.98 Å². The van der Waals surface area contributed by atoms with Crippen molar-refractivity contribution in [1.82, 2.24) is 9.88 Å². The molecule has 0 aromatic carbocycles. The van der Waals surface area contributed by atoms with Crippen LogP contribution in [0.3, 0.4) is 0 Å². The second kappa shape index (κ2) is 6.03. The quantitative estimate of drug-likeness (QED) is 0.762. The molecule has 3 heteroatoms. The molecule has 1 aliphatic heterocycles. The Kier molecular flexibility index (Phi) is 4.63. The minimum atomic E-state index is 0.533. The number of halogens is 1. The number of hydrogen-bond acceptors (Lipinski definition) is 2. The first-order chi connectivity index (χ1) is 8.58. The number of likely N-dealkylation sites (tertiary alicyclic amines) is 1. The standard InChI is InChI=1S/C15H23ClN2/c1-11(2)10-18-9-5-4-6-14(18)13-7-8-15(16)17-12(13)3/h7-8,11,14H,4-6,9-10H2,1-3H3/t14-/m1/s1. The largest absolute Gasteiger partial charge is 0.296 e. The summed E-state index contributed by atoms with van der Waals surface area (Å²) in [4.78, 5) is 7.02. The molecular formula is C15H23ClN2. The van der Waals surface area contributed by atoms with Gasteiger partial charge in [0, 0.05) is 18.3 Å². The second-order valence-electron chi connectivity index (χ2n) is 5.71. The minimum absolute atomic E-state index is 0.533. The Labute approximate surface area is 115 Å². The molecule has 100 valence electrons. The summed E-state index contributed by atoms with van der Waals surface area (Å²) in [6, 6.07) is 4.62. The highest BCUT2D eigenvalue weighted by atomic mass is 35.5. The van der Waals surface area contributed by atoms with Gasteiger partial charge >= 0.3 is 0 Å². The Balaban J connectivity index is 2.22. The van der Waals surface area contributed by atoms with Gasteiger partial charge < -0.3 is 0 Å². The van der Waals surface area contributed by atoms with Crippen molar-refractivity contribution in [1.29, 1.82) is 0 Å². The van der Waals surface area contributed by atoms with E-state index in [2.05, 4.69) is 36.7 Å². The van der Waals surface area contributed by atoms with Crippen LogP contribution in [0, 0.1) is 12.8 Å². The average Bonchev–Trinajstić information content (AvgIpc) is 2.30. The molecule has 1 atom stereocenters. The van der Waals surface area contributed by atoms with E-state index < -0.39 is 0 Å². The molecule has 0 bridgehead atoms. The molecule has 2 rings (SSSR count). The highest BCUT2D eigenvalue weighted by molar-refractivity contribution is 6.29. The van der Waals surface area contributed by atoms with Crippen molar-refractivity contribution in [3.8, 4) is 0 Å². The lowest BCUT2D eigenvalue weighted by atomic mass is 9.93. The number of rotatable bonds is 3. The molecule has 0 spiro atoms. The van der Waals surface area contributed by atoms with Crippen LogP contribution in [0.2, 0.25) is 5.15 Å². The highest BCUT2D eigenvalue weighted by Crippen LogP contribution is 2.33. The van der Waals surface area contributed by atoms with Crippen molar-refractivity contribution in [2.24, 2.45) is 5.92 Å². The maximum atomic E-state index is 5.95. The van der Waals surface area contributed by atoms with Gasteiger partial charge in [0.05, 0.1) is 0 Å². The average molecular weight is 267 g/mol. The molecule has 0 N–H and O–H groups in total. The third-order valence-electron chi connectivity index (χ3n) is 3.67. The summed E-state index contributed by atoms with van der Waals surface area (Å²) in [7, 11) is 0. The van der Waals surface area contributed by atoms with Crippen LogP contribution in [0.4, 0.5) is 0 Å². The number of piperidine rings is 1.